The van der Waals surface area contributed by atoms with Crippen LogP contribution in [0.4, 0.5) is 11.6 Å². The summed E-state index contributed by atoms with van der Waals surface area (Å²) in [6.45, 7) is 5.56. The second-order valence-corrected chi connectivity index (χ2v) is 4.27. The van der Waals surface area contributed by atoms with Crippen LogP contribution in [0.5, 0.6) is 0 Å². The number of ether oxygens (including phenoxy) is 1. The van der Waals surface area contributed by atoms with Crippen molar-refractivity contribution in [1.82, 2.24) is 9.97 Å². The predicted molar refractivity (Wildman–Crippen MR) is 68.1 cm³/mol. The van der Waals surface area contributed by atoms with E-state index in [1.165, 1.54) is 0 Å². The van der Waals surface area contributed by atoms with Crippen LogP contribution >= 0.6 is 0 Å². The summed E-state index contributed by atoms with van der Waals surface area (Å²) in [5, 5.41) is 0. The molecular weight excluding hydrogens is 216 g/mol. The van der Waals surface area contributed by atoms with Gasteiger partial charge in [-0.3, -0.25) is 0 Å². The third kappa shape index (κ3) is 3.30. The van der Waals surface area contributed by atoms with Crippen LogP contribution in [0.3, 0.4) is 0 Å². The number of anilines is 2. The maximum Gasteiger partial charge on any atom is 0.134 e. The minimum Gasteiger partial charge on any atom is -0.384 e. The first-order valence-corrected chi connectivity index (χ1v) is 6.25. The molecule has 1 saturated heterocycles. The molecule has 2 rings (SSSR count). The second-order valence-electron chi connectivity index (χ2n) is 4.27. The van der Waals surface area contributed by atoms with Crippen molar-refractivity contribution in [2.45, 2.75) is 26.2 Å². The monoisotopic (exact) mass is 236 g/mol. The summed E-state index contributed by atoms with van der Waals surface area (Å²) >= 11 is 0. The molecule has 1 aromatic heterocycles. The standard InChI is InChI=1S/C12H20N4O/c1-2-4-11-14-10(13)9-12(15-11)16-5-3-7-17-8-6-16/h9H,2-8H2,1H3,(H2,13,14,15). The Morgan fingerprint density at radius 1 is 1.35 bits per heavy atom. The highest BCUT2D eigenvalue weighted by Crippen LogP contribution is 2.16. The van der Waals surface area contributed by atoms with Gasteiger partial charge in [0.15, 0.2) is 0 Å². The highest BCUT2D eigenvalue weighted by atomic mass is 16.5. The molecule has 0 aromatic carbocycles. The average Bonchev–Trinajstić information content (AvgIpc) is 2.57. The normalized spacial score (nSPS) is 16.9. The Balaban J connectivity index is 2.17. The summed E-state index contributed by atoms with van der Waals surface area (Å²) in [5.41, 5.74) is 5.83. The molecule has 5 heteroatoms. The Bertz CT molecular complexity index is 362. The van der Waals surface area contributed by atoms with Crippen LogP contribution < -0.4 is 10.6 Å². The maximum absolute atomic E-state index is 5.83. The number of rotatable bonds is 3. The van der Waals surface area contributed by atoms with Gasteiger partial charge in [-0.15, -0.1) is 0 Å². The fraction of sp³-hybridized carbons (Fsp3) is 0.667. The lowest BCUT2D eigenvalue weighted by Gasteiger charge is -2.21. The van der Waals surface area contributed by atoms with Crippen LogP contribution in [-0.4, -0.2) is 36.3 Å². The quantitative estimate of drug-likeness (QED) is 0.855. The Labute approximate surface area is 102 Å². The van der Waals surface area contributed by atoms with Gasteiger partial charge in [-0.1, -0.05) is 6.92 Å². The lowest BCUT2D eigenvalue weighted by Crippen LogP contribution is -2.27. The first-order chi connectivity index (χ1) is 8.29. The molecule has 2 N–H and O–H groups in total. The van der Waals surface area contributed by atoms with E-state index in [-0.39, 0.29) is 0 Å². The molecule has 1 aromatic rings. The van der Waals surface area contributed by atoms with E-state index >= 15 is 0 Å². The summed E-state index contributed by atoms with van der Waals surface area (Å²) in [6.07, 6.45) is 2.95. The topological polar surface area (TPSA) is 64.3 Å². The van der Waals surface area contributed by atoms with Gasteiger partial charge in [0.25, 0.3) is 0 Å². The van der Waals surface area contributed by atoms with Crippen molar-refractivity contribution in [3.05, 3.63) is 11.9 Å². The zero-order valence-electron chi connectivity index (χ0n) is 10.4. The van der Waals surface area contributed by atoms with Crippen LogP contribution in [-0.2, 0) is 11.2 Å². The average molecular weight is 236 g/mol. The van der Waals surface area contributed by atoms with Crippen LogP contribution in [0.15, 0.2) is 6.07 Å². The molecule has 0 radical (unpaired) electrons. The summed E-state index contributed by atoms with van der Waals surface area (Å²) in [4.78, 5) is 11.0. The lowest BCUT2D eigenvalue weighted by molar-refractivity contribution is 0.152. The number of hydrogen-bond acceptors (Lipinski definition) is 5. The molecule has 94 valence electrons. The molecule has 0 aliphatic carbocycles. The summed E-state index contributed by atoms with van der Waals surface area (Å²) < 4.78 is 5.44. The molecule has 0 spiro atoms. The van der Waals surface area contributed by atoms with Crippen LogP contribution in [0.25, 0.3) is 0 Å². The van der Waals surface area contributed by atoms with E-state index in [4.69, 9.17) is 10.5 Å². The van der Waals surface area contributed by atoms with E-state index in [0.29, 0.717) is 5.82 Å². The molecule has 0 atom stereocenters. The zero-order chi connectivity index (χ0) is 12.1. The van der Waals surface area contributed by atoms with Crippen molar-refractivity contribution in [2.24, 2.45) is 0 Å². The van der Waals surface area contributed by atoms with Crippen molar-refractivity contribution in [2.75, 3.05) is 36.9 Å². The van der Waals surface area contributed by atoms with Crippen molar-refractivity contribution < 1.29 is 4.74 Å². The third-order valence-electron chi connectivity index (χ3n) is 2.80. The number of nitrogen functional groups attached to an aromatic ring is 1. The van der Waals surface area contributed by atoms with Crippen LogP contribution in [0.1, 0.15) is 25.6 Å². The van der Waals surface area contributed by atoms with Crippen LogP contribution in [0.2, 0.25) is 0 Å². The lowest BCUT2D eigenvalue weighted by atomic mass is 10.3. The predicted octanol–water partition coefficient (Wildman–Crippen LogP) is 1.24. The van der Waals surface area contributed by atoms with Gasteiger partial charge in [0.1, 0.15) is 17.5 Å². The van der Waals surface area contributed by atoms with Crippen molar-refractivity contribution >= 4 is 11.6 Å². The Kier molecular flexibility index (Phi) is 4.14. The van der Waals surface area contributed by atoms with Gasteiger partial charge < -0.3 is 15.4 Å². The molecule has 2 heterocycles. The zero-order valence-corrected chi connectivity index (χ0v) is 10.4. The summed E-state index contributed by atoms with van der Waals surface area (Å²) in [5.74, 6) is 2.34. The number of aromatic nitrogens is 2. The SMILES string of the molecule is CCCc1nc(N)cc(N2CCCOCC2)n1. The summed E-state index contributed by atoms with van der Waals surface area (Å²) in [7, 11) is 0. The molecule has 0 bridgehead atoms. The largest absolute Gasteiger partial charge is 0.384 e. The van der Waals surface area contributed by atoms with Crippen molar-refractivity contribution in [3.8, 4) is 0 Å². The molecule has 1 fully saturated rings. The van der Waals surface area contributed by atoms with E-state index in [1.807, 2.05) is 6.07 Å². The smallest absolute Gasteiger partial charge is 0.134 e. The molecule has 0 saturated carbocycles. The molecule has 17 heavy (non-hydrogen) atoms. The van der Waals surface area contributed by atoms with Crippen molar-refractivity contribution in [1.29, 1.82) is 0 Å². The van der Waals surface area contributed by atoms with Gasteiger partial charge >= 0.3 is 0 Å². The van der Waals surface area contributed by atoms with Gasteiger partial charge in [0.2, 0.25) is 0 Å². The highest BCUT2D eigenvalue weighted by molar-refractivity contribution is 5.47. The maximum atomic E-state index is 5.83. The van der Waals surface area contributed by atoms with Crippen molar-refractivity contribution in [3.63, 3.8) is 0 Å². The number of hydrogen-bond donors (Lipinski definition) is 1. The third-order valence-corrected chi connectivity index (χ3v) is 2.80. The number of nitrogens with two attached hydrogens (primary N) is 1. The minimum absolute atomic E-state index is 0.559. The van der Waals surface area contributed by atoms with E-state index < -0.39 is 0 Å². The van der Waals surface area contributed by atoms with E-state index in [2.05, 4.69) is 21.8 Å². The first-order valence-electron chi connectivity index (χ1n) is 6.25. The van der Waals surface area contributed by atoms with E-state index in [1.54, 1.807) is 0 Å². The molecule has 1 aliphatic heterocycles. The summed E-state index contributed by atoms with van der Waals surface area (Å²) in [6, 6.07) is 1.85. The molecule has 0 amide bonds. The molecule has 1 aliphatic rings. The van der Waals surface area contributed by atoms with Gasteiger partial charge in [0.05, 0.1) is 6.61 Å². The number of nitrogens with zero attached hydrogens (tertiary/aromatic N) is 3. The Morgan fingerprint density at radius 3 is 3.06 bits per heavy atom. The Morgan fingerprint density at radius 2 is 2.24 bits per heavy atom. The fourth-order valence-corrected chi connectivity index (χ4v) is 1.98. The van der Waals surface area contributed by atoms with E-state index in [0.717, 1.165) is 57.2 Å². The van der Waals surface area contributed by atoms with Gasteiger partial charge in [0, 0.05) is 32.2 Å². The fourth-order valence-electron chi connectivity index (χ4n) is 1.98. The number of aryl methyl sites for hydroxylation is 1. The molecule has 0 unspecified atom stereocenters. The van der Waals surface area contributed by atoms with Gasteiger partial charge in [-0.25, -0.2) is 9.97 Å². The minimum atomic E-state index is 0.559. The molecule has 5 nitrogen and oxygen atoms in total. The van der Waals surface area contributed by atoms with Crippen LogP contribution in [0, 0.1) is 0 Å². The van der Waals surface area contributed by atoms with Gasteiger partial charge in [-0.2, -0.15) is 0 Å². The first kappa shape index (κ1) is 12.1. The van der Waals surface area contributed by atoms with E-state index in [9.17, 15) is 0 Å². The highest BCUT2D eigenvalue weighted by Gasteiger charge is 2.13. The second kappa shape index (κ2) is 5.82. The molecular formula is C12H20N4O. The van der Waals surface area contributed by atoms with Gasteiger partial charge in [-0.05, 0) is 12.8 Å². The Hall–Kier alpha value is -1.36.